The first-order valence-corrected chi connectivity index (χ1v) is 22.6. The SMILES string of the molecule is CC1(C)c2ccccc2-c2c(-c3ccccc3N(c3cccc(-c4ccc5sc6ccccc6c5c4)c3)c3ccccc3-c3cccc4c3C(C)(C)c3ccccc3-4)cccc21. The van der Waals surface area contributed by atoms with E-state index in [9.17, 15) is 0 Å². The maximum atomic E-state index is 2.53. The predicted molar refractivity (Wildman–Crippen MR) is 265 cm³/mol. The van der Waals surface area contributed by atoms with E-state index in [-0.39, 0.29) is 10.8 Å². The first-order chi connectivity index (χ1) is 30.3. The molecule has 1 nitrogen and oxygen atoms in total. The van der Waals surface area contributed by atoms with Gasteiger partial charge < -0.3 is 4.90 Å². The fraction of sp³-hybridized carbons (Fsp3) is 0.100. The van der Waals surface area contributed by atoms with Crippen LogP contribution in [0.1, 0.15) is 49.9 Å². The highest BCUT2D eigenvalue weighted by molar-refractivity contribution is 7.25. The van der Waals surface area contributed by atoms with E-state index in [0.29, 0.717) is 0 Å². The molecule has 0 bridgehead atoms. The summed E-state index contributed by atoms with van der Waals surface area (Å²) in [6.45, 7) is 9.53. The van der Waals surface area contributed by atoms with Gasteiger partial charge in [-0.15, -0.1) is 11.3 Å². The summed E-state index contributed by atoms with van der Waals surface area (Å²) >= 11 is 1.87. The van der Waals surface area contributed by atoms with Gasteiger partial charge in [-0.2, -0.15) is 0 Å². The van der Waals surface area contributed by atoms with Gasteiger partial charge in [0, 0.05) is 47.8 Å². The van der Waals surface area contributed by atoms with E-state index in [0.717, 1.165) is 17.1 Å². The zero-order valence-electron chi connectivity index (χ0n) is 35.4. The molecule has 0 spiro atoms. The molecule has 0 unspecified atom stereocenters. The first-order valence-electron chi connectivity index (χ1n) is 21.8. The molecule has 9 aromatic carbocycles. The van der Waals surface area contributed by atoms with Crippen LogP contribution >= 0.6 is 11.3 Å². The molecule has 296 valence electrons. The third-order valence-corrected chi connectivity index (χ3v) is 15.0. The number of anilines is 3. The molecule has 0 N–H and O–H groups in total. The fourth-order valence-electron chi connectivity index (χ4n) is 11.0. The molecule has 0 radical (unpaired) electrons. The number of hydrogen-bond acceptors (Lipinski definition) is 2. The van der Waals surface area contributed by atoms with E-state index < -0.39 is 0 Å². The second-order valence-corrected chi connectivity index (χ2v) is 19.1. The maximum absolute atomic E-state index is 2.53. The standard InChI is InChI=1S/C60H45NS/c1-59(2)51-29-11-6-24-48(51)57-45(25-17-30-52(57)59)42-21-7-12-31-53(42)61(40-19-15-18-38(36-40)39-34-35-56-49(37-39)44-23-9-14-33-55(44)62-56)54-32-13-8-22-43(54)47-27-16-26-46-41-20-5-10-28-50(41)60(3,4)58(46)47/h5-37H,1-4H3. The van der Waals surface area contributed by atoms with Crippen LogP contribution in [0, 0.1) is 0 Å². The van der Waals surface area contributed by atoms with Gasteiger partial charge in [-0.3, -0.25) is 0 Å². The van der Waals surface area contributed by atoms with Crippen LogP contribution in [-0.2, 0) is 10.8 Å². The molecule has 2 heteroatoms. The maximum Gasteiger partial charge on any atom is 0.0540 e. The molecule has 2 aliphatic carbocycles. The average molecular weight is 812 g/mol. The molecule has 0 saturated heterocycles. The summed E-state index contributed by atoms with van der Waals surface area (Å²) in [5.41, 5.74) is 21.3. The van der Waals surface area contributed by atoms with Crippen LogP contribution < -0.4 is 4.90 Å². The third kappa shape index (κ3) is 5.39. The van der Waals surface area contributed by atoms with Gasteiger partial charge in [-0.05, 0) is 109 Å². The van der Waals surface area contributed by atoms with Crippen molar-refractivity contribution in [2.75, 3.05) is 4.90 Å². The molecule has 0 saturated carbocycles. The van der Waals surface area contributed by atoms with Crippen LogP contribution in [0.25, 0.3) is 75.8 Å². The van der Waals surface area contributed by atoms with E-state index in [4.69, 9.17) is 0 Å². The van der Waals surface area contributed by atoms with Gasteiger partial charge in [0.05, 0.1) is 11.4 Å². The second kappa shape index (κ2) is 13.8. The Balaban J connectivity index is 1.11. The zero-order chi connectivity index (χ0) is 41.7. The Morgan fingerprint density at radius 3 is 1.65 bits per heavy atom. The second-order valence-electron chi connectivity index (χ2n) is 18.0. The van der Waals surface area contributed by atoms with Crippen molar-refractivity contribution >= 4 is 48.6 Å². The summed E-state index contributed by atoms with van der Waals surface area (Å²) < 4.78 is 2.64. The molecule has 0 fully saturated rings. The largest absolute Gasteiger partial charge is 0.309 e. The Kier molecular flexibility index (Phi) is 8.17. The fourth-order valence-corrected chi connectivity index (χ4v) is 12.1. The number of rotatable bonds is 6. The average Bonchev–Trinajstić information content (AvgIpc) is 3.89. The topological polar surface area (TPSA) is 3.24 Å². The van der Waals surface area contributed by atoms with Crippen molar-refractivity contribution in [1.29, 1.82) is 0 Å². The summed E-state index contributed by atoms with van der Waals surface area (Å²) in [6.07, 6.45) is 0. The van der Waals surface area contributed by atoms with Crippen molar-refractivity contribution in [3.8, 4) is 55.6 Å². The van der Waals surface area contributed by atoms with Crippen LogP contribution in [-0.4, -0.2) is 0 Å². The smallest absolute Gasteiger partial charge is 0.0540 e. The summed E-state index contributed by atoms with van der Waals surface area (Å²) in [5.74, 6) is 0. The molecule has 0 aliphatic heterocycles. The van der Waals surface area contributed by atoms with Crippen molar-refractivity contribution < 1.29 is 0 Å². The quantitative estimate of drug-likeness (QED) is 0.162. The summed E-state index contributed by atoms with van der Waals surface area (Å²) in [7, 11) is 0. The van der Waals surface area contributed by atoms with E-state index in [1.807, 2.05) is 11.3 Å². The molecular formula is C60H45NS. The van der Waals surface area contributed by atoms with Gasteiger partial charge in [-0.25, -0.2) is 0 Å². The molecule has 2 aliphatic rings. The first kappa shape index (κ1) is 36.8. The third-order valence-electron chi connectivity index (χ3n) is 13.9. The van der Waals surface area contributed by atoms with Crippen LogP contribution in [0.4, 0.5) is 17.1 Å². The zero-order valence-corrected chi connectivity index (χ0v) is 36.2. The number of thiophene rings is 1. The number of para-hydroxylation sites is 2. The van der Waals surface area contributed by atoms with Crippen molar-refractivity contribution in [3.05, 3.63) is 222 Å². The van der Waals surface area contributed by atoms with Crippen LogP contribution in [0.15, 0.2) is 200 Å². The molecule has 62 heavy (non-hydrogen) atoms. The summed E-state index contributed by atoms with van der Waals surface area (Å²) in [5, 5.41) is 2.62. The van der Waals surface area contributed by atoms with Crippen molar-refractivity contribution in [2.45, 2.75) is 38.5 Å². The normalized spacial score (nSPS) is 14.1. The van der Waals surface area contributed by atoms with Crippen LogP contribution in [0.3, 0.4) is 0 Å². The van der Waals surface area contributed by atoms with Crippen LogP contribution in [0.5, 0.6) is 0 Å². The minimum absolute atomic E-state index is 0.107. The van der Waals surface area contributed by atoms with E-state index in [2.05, 4.69) is 233 Å². The molecule has 12 rings (SSSR count). The van der Waals surface area contributed by atoms with Gasteiger partial charge >= 0.3 is 0 Å². The molecule has 0 atom stereocenters. The highest BCUT2D eigenvalue weighted by atomic mass is 32.1. The molecule has 0 amide bonds. The Labute approximate surface area is 368 Å². The monoisotopic (exact) mass is 811 g/mol. The van der Waals surface area contributed by atoms with Crippen molar-refractivity contribution in [3.63, 3.8) is 0 Å². The number of hydrogen-bond donors (Lipinski definition) is 0. The van der Waals surface area contributed by atoms with Crippen molar-refractivity contribution in [1.82, 2.24) is 0 Å². The van der Waals surface area contributed by atoms with Gasteiger partial charge in [0.25, 0.3) is 0 Å². The lowest BCUT2D eigenvalue weighted by molar-refractivity contribution is 0.660. The highest BCUT2D eigenvalue weighted by Crippen LogP contribution is 2.56. The lowest BCUT2D eigenvalue weighted by atomic mass is 9.78. The minimum atomic E-state index is -0.173. The van der Waals surface area contributed by atoms with Gasteiger partial charge in [0.1, 0.15) is 0 Å². The lowest BCUT2D eigenvalue weighted by Gasteiger charge is -2.32. The Hall–Kier alpha value is -7.00. The molecule has 10 aromatic rings. The van der Waals surface area contributed by atoms with Crippen molar-refractivity contribution in [2.24, 2.45) is 0 Å². The van der Waals surface area contributed by atoms with Gasteiger partial charge in [-0.1, -0.05) is 185 Å². The number of nitrogens with zero attached hydrogens (tertiary/aromatic N) is 1. The van der Waals surface area contributed by atoms with E-state index >= 15 is 0 Å². The molecular weight excluding hydrogens is 767 g/mol. The van der Waals surface area contributed by atoms with E-state index in [1.165, 1.54) is 98.1 Å². The Morgan fingerprint density at radius 2 is 0.871 bits per heavy atom. The van der Waals surface area contributed by atoms with Gasteiger partial charge in [0.15, 0.2) is 0 Å². The highest BCUT2D eigenvalue weighted by Gasteiger charge is 2.39. The number of benzene rings is 9. The Bertz CT molecular complexity index is 3430. The van der Waals surface area contributed by atoms with Gasteiger partial charge in [0.2, 0.25) is 0 Å². The van der Waals surface area contributed by atoms with Crippen LogP contribution in [0.2, 0.25) is 0 Å². The molecule has 1 heterocycles. The lowest BCUT2D eigenvalue weighted by Crippen LogP contribution is -2.17. The summed E-state index contributed by atoms with van der Waals surface area (Å²) in [6, 6.07) is 74.9. The minimum Gasteiger partial charge on any atom is -0.309 e. The molecule has 1 aromatic heterocycles. The number of fused-ring (bicyclic) bond motifs is 9. The predicted octanol–water partition coefficient (Wildman–Crippen LogP) is 17.1. The van der Waals surface area contributed by atoms with E-state index in [1.54, 1.807) is 0 Å². The Morgan fingerprint density at radius 1 is 0.355 bits per heavy atom. The summed E-state index contributed by atoms with van der Waals surface area (Å²) in [4.78, 5) is 2.53.